The van der Waals surface area contributed by atoms with Crippen LogP contribution in [0.15, 0.2) is 12.2 Å². The van der Waals surface area contributed by atoms with Gasteiger partial charge in [0.15, 0.2) is 0 Å². The molecule has 0 heterocycles. The first-order valence-corrected chi connectivity index (χ1v) is 17.8. The van der Waals surface area contributed by atoms with Gasteiger partial charge in [0.1, 0.15) is 12.6 Å². The van der Waals surface area contributed by atoms with Gasteiger partial charge in [0, 0.05) is 12.8 Å². The highest BCUT2D eigenvalue weighted by Crippen LogP contribution is 2.18. The van der Waals surface area contributed by atoms with E-state index in [9.17, 15) is 14.4 Å². The maximum Gasteiger partial charge on any atom is 0.322 e. The molecule has 0 aliphatic rings. The second-order valence-electron chi connectivity index (χ2n) is 12.1. The fourth-order valence-corrected chi connectivity index (χ4v) is 5.27. The van der Waals surface area contributed by atoms with Gasteiger partial charge in [0.2, 0.25) is 5.91 Å². The molecule has 1 atom stereocenters. The Morgan fingerprint density at radius 3 is 1.52 bits per heavy atom. The molecule has 0 aromatic heterocycles. The van der Waals surface area contributed by atoms with Crippen molar-refractivity contribution in [1.29, 1.82) is 0 Å². The molecule has 0 aromatic carbocycles. The molecule has 0 saturated heterocycles. The topological polar surface area (TPSA) is 92.7 Å². The predicted octanol–water partition coefficient (Wildman–Crippen LogP) is 10.2. The van der Waals surface area contributed by atoms with E-state index < -0.39 is 5.97 Å². The zero-order valence-electron chi connectivity index (χ0n) is 27.6. The number of ether oxygens (including phenoxy) is 1. The third-order valence-corrected chi connectivity index (χ3v) is 7.94. The van der Waals surface area contributed by atoms with E-state index in [1.807, 2.05) is 0 Å². The van der Waals surface area contributed by atoms with Crippen LogP contribution < -0.4 is 5.32 Å². The molecule has 6 heteroatoms. The van der Waals surface area contributed by atoms with Crippen molar-refractivity contribution in [3.63, 3.8) is 0 Å². The van der Waals surface area contributed by atoms with E-state index in [2.05, 4.69) is 31.3 Å². The Bertz CT molecular complexity index is 663. The third-order valence-electron chi connectivity index (χ3n) is 7.94. The summed E-state index contributed by atoms with van der Waals surface area (Å²) in [5.41, 5.74) is 0. The van der Waals surface area contributed by atoms with Crippen LogP contribution in [-0.4, -0.2) is 35.6 Å². The maximum absolute atomic E-state index is 12.6. The van der Waals surface area contributed by atoms with Gasteiger partial charge in [0.25, 0.3) is 0 Å². The first kappa shape index (κ1) is 40.1. The van der Waals surface area contributed by atoms with Crippen molar-refractivity contribution in [2.75, 3.05) is 6.54 Å². The van der Waals surface area contributed by atoms with E-state index in [4.69, 9.17) is 9.84 Å². The lowest BCUT2D eigenvalue weighted by atomic mass is 10.0. The highest BCUT2D eigenvalue weighted by molar-refractivity contribution is 5.80. The number of carbonyl (C=O) groups is 3. The summed E-state index contributed by atoms with van der Waals surface area (Å²) in [7, 11) is 0. The Morgan fingerprint density at radius 2 is 1.02 bits per heavy atom. The summed E-state index contributed by atoms with van der Waals surface area (Å²) in [5, 5.41) is 11.0. The molecule has 0 spiro atoms. The highest BCUT2D eigenvalue weighted by Gasteiger charge is 2.14. The highest BCUT2D eigenvalue weighted by atomic mass is 16.5. The summed E-state index contributed by atoms with van der Waals surface area (Å²) in [6, 6.07) is 0. The number of nitrogens with one attached hydrogen (secondary N) is 1. The summed E-state index contributed by atoms with van der Waals surface area (Å²) in [6.45, 7) is 4.18. The molecule has 6 nitrogen and oxygen atoms in total. The summed E-state index contributed by atoms with van der Waals surface area (Å²) in [4.78, 5) is 34.7. The number of aliphatic carboxylic acids is 1. The molecule has 0 aliphatic carbocycles. The largest absolute Gasteiger partial charge is 0.480 e. The van der Waals surface area contributed by atoms with Crippen molar-refractivity contribution in [2.45, 2.75) is 193 Å². The van der Waals surface area contributed by atoms with Gasteiger partial charge in [-0.1, -0.05) is 122 Å². The summed E-state index contributed by atoms with van der Waals surface area (Å²) in [5.74, 6) is -1.24. The molecule has 1 amide bonds. The van der Waals surface area contributed by atoms with Crippen molar-refractivity contribution >= 4 is 17.8 Å². The Hall–Kier alpha value is -1.85. The van der Waals surface area contributed by atoms with E-state index in [1.54, 1.807) is 0 Å². The van der Waals surface area contributed by atoms with Gasteiger partial charge in [-0.2, -0.15) is 0 Å². The van der Waals surface area contributed by atoms with Gasteiger partial charge in [-0.25, -0.2) is 0 Å². The molecule has 246 valence electrons. The molecule has 1 unspecified atom stereocenters. The molecule has 42 heavy (non-hydrogen) atoms. The zero-order valence-corrected chi connectivity index (χ0v) is 27.6. The second-order valence-corrected chi connectivity index (χ2v) is 12.1. The van der Waals surface area contributed by atoms with Crippen LogP contribution in [0.3, 0.4) is 0 Å². The van der Waals surface area contributed by atoms with E-state index in [1.165, 1.54) is 96.3 Å². The minimum Gasteiger partial charge on any atom is -0.480 e. The number of unbranched alkanes of at least 4 members (excludes halogenated alkanes) is 19. The van der Waals surface area contributed by atoms with Crippen molar-refractivity contribution in [1.82, 2.24) is 5.32 Å². The van der Waals surface area contributed by atoms with Gasteiger partial charge in [-0.15, -0.1) is 0 Å². The number of carboxylic acid groups (broad SMARTS) is 1. The van der Waals surface area contributed by atoms with Crippen LogP contribution in [0.4, 0.5) is 0 Å². The maximum atomic E-state index is 12.6. The zero-order chi connectivity index (χ0) is 30.9. The fraction of sp³-hybridized carbons (Fsp3) is 0.861. The number of rotatable bonds is 32. The van der Waals surface area contributed by atoms with Crippen molar-refractivity contribution in [3.05, 3.63) is 12.2 Å². The molecule has 0 radical (unpaired) electrons. The number of carbonyl (C=O) groups excluding carboxylic acids is 2. The monoisotopic (exact) mass is 594 g/mol. The first-order chi connectivity index (χ1) is 20.5. The Balaban J connectivity index is 4.03. The van der Waals surface area contributed by atoms with Crippen molar-refractivity contribution in [2.24, 2.45) is 0 Å². The van der Waals surface area contributed by atoms with E-state index in [-0.39, 0.29) is 24.5 Å². The van der Waals surface area contributed by atoms with Crippen molar-refractivity contribution < 1.29 is 24.2 Å². The van der Waals surface area contributed by atoms with Crippen LogP contribution >= 0.6 is 0 Å². The lowest BCUT2D eigenvalue weighted by molar-refractivity contribution is -0.150. The molecule has 0 bridgehead atoms. The normalized spacial score (nSPS) is 12.0. The first-order valence-electron chi connectivity index (χ1n) is 17.8. The Morgan fingerprint density at radius 1 is 0.595 bits per heavy atom. The number of carboxylic acids is 1. The molecule has 0 aliphatic heterocycles. The van der Waals surface area contributed by atoms with Crippen molar-refractivity contribution in [3.8, 4) is 0 Å². The Kier molecular flexibility index (Phi) is 30.7. The van der Waals surface area contributed by atoms with Crippen LogP contribution in [-0.2, 0) is 19.1 Å². The molecule has 0 saturated carbocycles. The number of esters is 1. The fourth-order valence-electron chi connectivity index (χ4n) is 5.27. The molecule has 2 N–H and O–H groups in total. The molecule has 0 rings (SSSR count). The Labute approximate surface area is 259 Å². The summed E-state index contributed by atoms with van der Waals surface area (Å²) in [6.07, 6.45) is 34.7. The van der Waals surface area contributed by atoms with Gasteiger partial charge in [-0.05, 0) is 64.2 Å². The van der Waals surface area contributed by atoms with Gasteiger partial charge < -0.3 is 15.2 Å². The third kappa shape index (κ3) is 31.1. The minimum absolute atomic E-state index is 0.0276. The molecule has 0 aromatic rings. The summed E-state index contributed by atoms with van der Waals surface area (Å²) >= 11 is 0. The van der Waals surface area contributed by atoms with Crippen LogP contribution in [0.5, 0.6) is 0 Å². The van der Waals surface area contributed by atoms with Gasteiger partial charge in [-0.3, -0.25) is 14.4 Å². The van der Waals surface area contributed by atoms with Crippen LogP contribution in [0.25, 0.3) is 0 Å². The number of allylic oxidation sites excluding steroid dienone is 2. The van der Waals surface area contributed by atoms with Crippen LogP contribution in [0, 0.1) is 0 Å². The number of hydrogen-bond acceptors (Lipinski definition) is 4. The summed E-state index contributed by atoms with van der Waals surface area (Å²) < 4.78 is 5.95. The minimum atomic E-state index is -1.02. The molecule has 0 fully saturated rings. The standard InChI is InChI=1S/C36H67NO5/c1-3-5-7-9-11-12-13-14-15-16-17-18-23-27-31-36(41)42-33(28-24-20-10-8-6-4-2)29-25-21-19-22-26-30-34(38)37-32-35(39)40/h13-14,33H,3-12,15-32H2,1-2H3,(H,37,38)(H,39,40)/b14-13-. The second kappa shape index (κ2) is 32.1. The number of amides is 1. The quantitative estimate of drug-likeness (QED) is 0.0460. The molecular weight excluding hydrogens is 526 g/mol. The van der Waals surface area contributed by atoms with E-state index >= 15 is 0 Å². The SMILES string of the molecule is CCCCCCC/C=C\CCCCCCCC(=O)OC(CCCCCCCC)CCCCCCCC(=O)NCC(=O)O. The van der Waals surface area contributed by atoms with E-state index in [0.29, 0.717) is 12.8 Å². The van der Waals surface area contributed by atoms with Gasteiger partial charge in [0.05, 0.1) is 0 Å². The number of hydrogen-bond donors (Lipinski definition) is 2. The van der Waals surface area contributed by atoms with Crippen LogP contribution in [0.2, 0.25) is 0 Å². The molecular formula is C36H67NO5. The van der Waals surface area contributed by atoms with Crippen LogP contribution in [0.1, 0.15) is 187 Å². The predicted molar refractivity (Wildman–Crippen MR) is 176 cm³/mol. The lowest BCUT2D eigenvalue weighted by Gasteiger charge is -2.18. The average molecular weight is 594 g/mol. The smallest absolute Gasteiger partial charge is 0.322 e. The average Bonchev–Trinajstić information content (AvgIpc) is 2.97. The van der Waals surface area contributed by atoms with E-state index in [0.717, 1.165) is 64.2 Å². The van der Waals surface area contributed by atoms with Gasteiger partial charge >= 0.3 is 11.9 Å². The lowest BCUT2D eigenvalue weighted by Crippen LogP contribution is -2.28.